The van der Waals surface area contributed by atoms with Gasteiger partial charge in [-0.3, -0.25) is 4.79 Å². The van der Waals surface area contributed by atoms with Gasteiger partial charge in [-0.2, -0.15) is 4.98 Å². The van der Waals surface area contributed by atoms with Crippen LogP contribution in [-0.4, -0.2) is 15.9 Å². The Morgan fingerprint density at radius 1 is 0.960 bits per heavy atom. The fourth-order valence-corrected chi connectivity index (χ4v) is 2.43. The van der Waals surface area contributed by atoms with Gasteiger partial charge in [0.25, 0.3) is 5.91 Å². The quantitative estimate of drug-likeness (QED) is 0.662. The van der Waals surface area contributed by atoms with Gasteiger partial charge in [-0.05, 0) is 49.2 Å². The number of hydrogen-bond acceptors (Lipinski definition) is 5. The molecule has 0 spiro atoms. The maximum absolute atomic E-state index is 11.7. The molecule has 0 atom stereocenters. The first kappa shape index (κ1) is 16.4. The summed E-state index contributed by atoms with van der Waals surface area (Å²) in [6, 6.07) is 15.6. The normalized spacial score (nSPS) is 10.3. The molecule has 25 heavy (non-hydrogen) atoms. The number of aryl methyl sites for hydroxylation is 2. The summed E-state index contributed by atoms with van der Waals surface area (Å²) in [5.41, 5.74) is 9.58. The lowest BCUT2D eigenvalue weighted by Crippen LogP contribution is -2.15. The molecule has 2 aromatic carbocycles. The average Bonchev–Trinajstić information content (AvgIpc) is 2.55. The van der Waals surface area contributed by atoms with E-state index >= 15 is 0 Å². The van der Waals surface area contributed by atoms with Crippen molar-refractivity contribution < 1.29 is 4.79 Å². The zero-order valence-corrected chi connectivity index (χ0v) is 14.1. The van der Waals surface area contributed by atoms with E-state index in [4.69, 9.17) is 5.73 Å². The first-order chi connectivity index (χ1) is 12.0. The maximum Gasteiger partial charge on any atom is 0.254 e. The molecule has 0 saturated heterocycles. The molecule has 126 valence electrons. The summed E-state index contributed by atoms with van der Waals surface area (Å²) in [5.74, 6) is 0.159. The standard InChI is InChI=1S/C19H19N5O/c1-12-5-3-7-14(9-12)22-18-16(17(20)25)11-21-19(24-18)23-15-8-4-6-13(2)10-15/h3-11H,1-2H3,(H2,20,25)(H2,21,22,23,24). The Morgan fingerprint density at radius 2 is 1.56 bits per heavy atom. The van der Waals surface area contributed by atoms with E-state index in [0.717, 1.165) is 22.5 Å². The number of hydrogen-bond donors (Lipinski definition) is 3. The first-order valence-corrected chi connectivity index (χ1v) is 7.85. The minimum absolute atomic E-state index is 0.233. The van der Waals surface area contributed by atoms with Gasteiger partial charge in [-0.1, -0.05) is 24.3 Å². The van der Waals surface area contributed by atoms with E-state index in [2.05, 4.69) is 20.6 Å². The Hall–Kier alpha value is -3.41. The number of nitrogens with one attached hydrogen (secondary N) is 2. The molecule has 0 aliphatic carbocycles. The van der Waals surface area contributed by atoms with Gasteiger partial charge in [0, 0.05) is 17.6 Å². The Balaban J connectivity index is 1.93. The second-order valence-electron chi connectivity index (χ2n) is 5.81. The molecule has 0 aliphatic heterocycles. The molecular formula is C19H19N5O. The topological polar surface area (TPSA) is 92.9 Å². The van der Waals surface area contributed by atoms with Crippen molar-refractivity contribution in [1.82, 2.24) is 9.97 Å². The van der Waals surface area contributed by atoms with Crippen molar-refractivity contribution in [3.05, 3.63) is 71.4 Å². The van der Waals surface area contributed by atoms with E-state index in [1.165, 1.54) is 6.20 Å². The molecule has 4 N–H and O–H groups in total. The first-order valence-electron chi connectivity index (χ1n) is 7.85. The van der Waals surface area contributed by atoms with Crippen LogP contribution in [0.5, 0.6) is 0 Å². The highest BCUT2D eigenvalue weighted by atomic mass is 16.1. The molecular weight excluding hydrogens is 314 g/mol. The lowest BCUT2D eigenvalue weighted by Gasteiger charge is -2.12. The smallest absolute Gasteiger partial charge is 0.254 e. The van der Waals surface area contributed by atoms with Crippen LogP contribution in [-0.2, 0) is 0 Å². The minimum Gasteiger partial charge on any atom is -0.365 e. The number of aromatic nitrogens is 2. The Bertz CT molecular complexity index is 923. The third kappa shape index (κ3) is 4.11. The van der Waals surface area contributed by atoms with Gasteiger partial charge in [0.05, 0.1) is 0 Å². The van der Waals surface area contributed by atoms with Crippen LogP contribution in [0, 0.1) is 13.8 Å². The SMILES string of the molecule is Cc1cccc(Nc2ncc(C(N)=O)c(Nc3cccc(C)c3)n2)c1. The van der Waals surface area contributed by atoms with Crippen molar-refractivity contribution in [2.75, 3.05) is 10.6 Å². The van der Waals surface area contributed by atoms with Crippen LogP contribution in [0.2, 0.25) is 0 Å². The Kier molecular flexibility index (Phi) is 4.61. The predicted octanol–water partition coefficient (Wildman–Crippen LogP) is 3.68. The molecule has 0 bridgehead atoms. The fraction of sp³-hybridized carbons (Fsp3) is 0.105. The Labute approximate surface area is 146 Å². The molecule has 3 aromatic rings. The minimum atomic E-state index is -0.586. The predicted molar refractivity (Wildman–Crippen MR) is 99.5 cm³/mol. The molecule has 1 aromatic heterocycles. The molecule has 0 fully saturated rings. The number of carbonyl (C=O) groups excluding carboxylic acids is 1. The number of carbonyl (C=O) groups is 1. The van der Waals surface area contributed by atoms with Gasteiger partial charge in [-0.15, -0.1) is 0 Å². The molecule has 3 rings (SSSR count). The summed E-state index contributed by atoms with van der Waals surface area (Å²) in [6.45, 7) is 4.00. The second kappa shape index (κ2) is 7.00. The summed E-state index contributed by atoms with van der Waals surface area (Å²) >= 11 is 0. The number of rotatable bonds is 5. The summed E-state index contributed by atoms with van der Waals surface area (Å²) in [7, 11) is 0. The number of primary amides is 1. The molecule has 1 amide bonds. The van der Waals surface area contributed by atoms with Gasteiger partial charge < -0.3 is 16.4 Å². The summed E-state index contributed by atoms with van der Waals surface area (Å²) in [4.78, 5) is 20.3. The van der Waals surface area contributed by atoms with Crippen LogP contribution in [0.25, 0.3) is 0 Å². The van der Waals surface area contributed by atoms with Crippen molar-refractivity contribution in [2.45, 2.75) is 13.8 Å². The van der Waals surface area contributed by atoms with Crippen molar-refractivity contribution in [2.24, 2.45) is 5.73 Å². The molecule has 6 heteroatoms. The van der Waals surface area contributed by atoms with Crippen LogP contribution < -0.4 is 16.4 Å². The molecule has 0 saturated carbocycles. The average molecular weight is 333 g/mol. The molecule has 6 nitrogen and oxygen atoms in total. The van der Waals surface area contributed by atoms with Crippen molar-refractivity contribution in [3.63, 3.8) is 0 Å². The number of amides is 1. The van der Waals surface area contributed by atoms with Crippen molar-refractivity contribution in [3.8, 4) is 0 Å². The van der Waals surface area contributed by atoms with E-state index in [0.29, 0.717) is 11.8 Å². The number of nitrogens with two attached hydrogens (primary N) is 1. The van der Waals surface area contributed by atoms with Crippen LogP contribution >= 0.6 is 0 Å². The van der Waals surface area contributed by atoms with Gasteiger partial charge in [0.2, 0.25) is 5.95 Å². The van der Waals surface area contributed by atoms with E-state index in [1.54, 1.807) is 0 Å². The third-order valence-corrected chi connectivity index (χ3v) is 3.61. The fourth-order valence-electron chi connectivity index (χ4n) is 2.43. The van der Waals surface area contributed by atoms with E-state index in [-0.39, 0.29) is 5.56 Å². The highest BCUT2D eigenvalue weighted by molar-refractivity contribution is 5.98. The van der Waals surface area contributed by atoms with Crippen molar-refractivity contribution in [1.29, 1.82) is 0 Å². The van der Waals surface area contributed by atoms with E-state index in [9.17, 15) is 4.79 Å². The summed E-state index contributed by atoms with van der Waals surface area (Å²) in [6.07, 6.45) is 1.42. The zero-order valence-electron chi connectivity index (χ0n) is 14.1. The highest BCUT2D eigenvalue weighted by Crippen LogP contribution is 2.22. The summed E-state index contributed by atoms with van der Waals surface area (Å²) in [5, 5.41) is 6.27. The van der Waals surface area contributed by atoms with Crippen LogP contribution in [0.4, 0.5) is 23.1 Å². The van der Waals surface area contributed by atoms with Gasteiger partial charge in [0.15, 0.2) is 0 Å². The molecule has 0 aliphatic rings. The van der Waals surface area contributed by atoms with Crippen LogP contribution in [0.3, 0.4) is 0 Å². The number of benzene rings is 2. The second-order valence-corrected chi connectivity index (χ2v) is 5.81. The number of anilines is 4. The molecule has 0 unspecified atom stereocenters. The monoisotopic (exact) mass is 333 g/mol. The van der Waals surface area contributed by atoms with Crippen molar-refractivity contribution >= 4 is 29.0 Å². The van der Waals surface area contributed by atoms with Crippen LogP contribution in [0.15, 0.2) is 54.7 Å². The zero-order chi connectivity index (χ0) is 17.8. The Morgan fingerprint density at radius 3 is 2.12 bits per heavy atom. The summed E-state index contributed by atoms with van der Waals surface area (Å²) < 4.78 is 0. The van der Waals surface area contributed by atoms with Crippen LogP contribution in [0.1, 0.15) is 21.5 Å². The van der Waals surface area contributed by atoms with Gasteiger partial charge in [0.1, 0.15) is 11.4 Å². The molecule has 1 heterocycles. The largest absolute Gasteiger partial charge is 0.365 e. The number of nitrogens with zero attached hydrogens (tertiary/aromatic N) is 2. The van der Waals surface area contributed by atoms with Gasteiger partial charge in [-0.25, -0.2) is 4.98 Å². The molecule has 0 radical (unpaired) electrons. The van der Waals surface area contributed by atoms with Gasteiger partial charge >= 0.3 is 0 Å². The lowest BCUT2D eigenvalue weighted by molar-refractivity contribution is 0.100. The maximum atomic E-state index is 11.7. The van der Waals surface area contributed by atoms with E-state index in [1.807, 2.05) is 62.4 Å². The van der Waals surface area contributed by atoms with E-state index < -0.39 is 5.91 Å². The highest BCUT2D eigenvalue weighted by Gasteiger charge is 2.13. The third-order valence-electron chi connectivity index (χ3n) is 3.61. The lowest BCUT2D eigenvalue weighted by atomic mass is 10.2.